The van der Waals surface area contributed by atoms with E-state index in [1.165, 1.54) is 6.42 Å². The van der Waals surface area contributed by atoms with Gasteiger partial charge in [-0.2, -0.15) is 0 Å². The van der Waals surface area contributed by atoms with Crippen molar-refractivity contribution >= 4 is 11.6 Å². The Balaban J connectivity index is 2.46. The Labute approximate surface area is 120 Å². The van der Waals surface area contributed by atoms with Crippen molar-refractivity contribution in [3.05, 3.63) is 23.0 Å². The third-order valence-corrected chi connectivity index (χ3v) is 3.99. The number of primary amides is 1. The van der Waals surface area contributed by atoms with Crippen molar-refractivity contribution in [2.45, 2.75) is 45.6 Å². The van der Waals surface area contributed by atoms with E-state index in [0.29, 0.717) is 23.8 Å². The SMILES string of the molecule is Cc1cc(N2CCCCC2CCN)c(C(N)=O)c(C)n1. The van der Waals surface area contributed by atoms with E-state index in [9.17, 15) is 4.79 Å². The van der Waals surface area contributed by atoms with Gasteiger partial charge in [-0.3, -0.25) is 9.78 Å². The molecule has 5 nitrogen and oxygen atoms in total. The van der Waals surface area contributed by atoms with Crippen LogP contribution in [-0.2, 0) is 0 Å². The number of aromatic nitrogens is 1. The van der Waals surface area contributed by atoms with Crippen LogP contribution in [0.25, 0.3) is 0 Å². The lowest BCUT2D eigenvalue weighted by Gasteiger charge is -2.38. The highest BCUT2D eigenvalue weighted by Crippen LogP contribution is 2.30. The van der Waals surface area contributed by atoms with Gasteiger partial charge in [-0.25, -0.2) is 0 Å². The summed E-state index contributed by atoms with van der Waals surface area (Å²) in [5, 5.41) is 0. The van der Waals surface area contributed by atoms with Crippen molar-refractivity contribution < 1.29 is 4.79 Å². The maximum atomic E-state index is 11.8. The van der Waals surface area contributed by atoms with Crippen molar-refractivity contribution in [1.29, 1.82) is 0 Å². The Morgan fingerprint density at radius 3 is 2.85 bits per heavy atom. The van der Waals surface area contributed by atoms with Gasteiger partial charge in [0.25, 0.3) is 5.91 Å². The summed E-state index contributed by atoms with van der Waals surface area (Å²) < 4.78 is 0. The molecule has 1 unspecified atom stereocenters. The number of pyridine rings is 1. The van der Waals surface area contributed by atoms with E-state index in [0.717, 1.165) is 37.2 Å². The van der Waals surface area contributed by atoms with E-state index in [2.05, 4.69) is 9.88 Å². The van der Waals surface area contributed by atoms with E-state index >= 15 is 0 Å². The molecule has 0 radical (unpaired) electrons. The van der Waals surface area contributed by atoms with E-state index in [1.54, 1.807) is 0 Å². The molecule has 0 saturated carbocycles. The highest BCUT2D eigenvalue weighted by Gasteiger charge is 2.26. The fourth-order valence-corrected chi connectivity index (χ4v) is 3.15. The number of nitrogens with two attached hydrogens (primary N) is 2. The Bertz CT molecular complexity index is 499. The number of amides is 1. The molecule has 1 fully saturated rings. The molecule has 4 N–H and O–H groups in total. The molecular formula is C15H24N4O. The van der Waals surface area contributed by atoms with Gasteiger partial charge >= 0.3 is 0 Å². The van der Waals surface area contributed by atoms with Crippen LogP contribution in [0.3, 0.4) is 0 Å². The maximum absolute atomic E-state index is 11.8. The minimum absolute atomic E-state index is 0.396. The van der Waals surface area contributed by atoms with Crippen LogP contribution >= 0.6 is 0 Å². The second-order valence-corrected chi connectivity index (χ2v) is 5.53. The lowest BCUT2D eigenvalue weighted by Crippen LogP contribution is -2.42. The number of rotatable bonds is 4. The molecule has 0 bridgehead atoms. The van der Waals surface area contributed by atoms with Crippen LogP contribution in [0.1, 0.15) is 47.4 Å². The number of anilines is 1. The molecule has 2 heterocycles. The van der Waals surface area contributed by atoms with Crippen LogP contribution in [0.15, 0.2) is 6.07 Å². The average molecular weight is 276 g/mol. The Hall–Kier alpha value is -1.62. The fraction of sp³-hybridized carbons (Fsp3) is 0.600. The summed E-state index contributed by atoms with van der Waals surface area (Å²) in [6.07, 6.45) is 4.42. The molecule has 1 aromatic rings. The first-order valence-corrected chi connectivity index (χ1v) is 7.29. The van der Waals surface area contributed by atoms with Gasteiger partial charge in [0.05, 0.1) is 16.9 Å². The van der Waals surface area contributed by atoms with Crippen molar-refractivity contribution in [3.63, 3.8) is 0 Å². The van der Waals surface area contributed by atoms with Crippen LogP contribution in [0, 0.1) is 13.8 Å². The second kappa shape index (κ2) is 6.22. The van der Waals surface area contributed by atoms with Gasteiger partial charge in [0, 0.05) is 18.3 Å². The zero-order valence-electron chi connectivity index (χ0n) is 12.4. The molecule has 1 aliphatic rings. The summed E-state index contributed by atoms with van der Waals surface area (Å²) in [4.78, 5) is 18.5. The number of piperidine rings is 1. The third-order valence-electron chi connectivity index (χ3n) is 3.99. The lowest BCUT2D eigenvalue weighted by molar-refractivity contribution is 0.0999. The summed E-state index contributed by atoms with van der Waals surface area (Å²) in [7, 11) is 0. The summed E-state index contributed by atoms with van der Waals surface area (Å²) in [5.74, 6) is -0.401. The number of hydrogen-bond acceptors (Lipinski definition) is 4. The summed E-state index contributed by atoms with van der Waals surface area (Å²) in [5.41, 5.74) is 14.4. The van der Waals surface area contributed by atoms with Gasteiger partial charge in [0.1, 0.15) is 0 Å². The molecule has 1 aliphatic heterocycles. The fourth-order valence-electron chi connectivity index (χ4n) is 3.15. The normalized spacial score (nSPS) is 19.1. The van der Waals surface area contributed by atoms with Gasteiger partial charge in [0.2, 0.25) is 0 Å². The number of hydrogen-bond donors (Lipinski definition) is 2. The minimum atomic E-state index is -0.401. The van der Waals surface area contributed by atoms with Gasteiger partial charge < -0.3 is 16.4 Å². The molecule has 5 heteroatoms. The highest BCUT2D eigenvalue weighted by molar-refractivity contribution is 5.99. The van der Waals surface area contributed by atoms with Crippen molar-refractivity contribution in [1.82, 2.24) is 4.98 Å². The molecule has 1 atom stereocenters. The van der Waals surface area contributed by atoms with Crippen molar-refractivity contribution in [3.8, 4) is 0 Å². The van der Waals surface area contributed by atoms with Crippen LogP contribution in [0.2, 0.25) is 0 Å². The standard InChI is InChI=1S/C15H24N4O/c1-10-9-13(14(15(17)20)11(2)18-10)19-8-4-3-5-12(19)6-7-16/h9,12H,3-8,16H2,1-2H3,(H2,17,20). The molecule has 20 heavy (non-hydrogen) atoms. The number of aryl methyl sites for hydroxylation is 2. The topological polar surface area (TPSA) is 85.2 Å². The van der Waals surface area contributed by atoms with E-state index in [1.807, 2.05) is 19.9 Å². The van der Waals surface area contributed by atoms with E-state index < -0.39 is 5.91 Å². The molecule has 2 rings (SSSR count). The van der Waals surface area contributed by atoms with Crippen LogP contribution in [-0.4, -0.2) is 30.0 Å². The average Bonchev–Trinajstić information content (AvgIpc) is 2.38. The lowest BCUT2D eigenvalue weighted by atomic mass is 9.97. The second-order valence-electron chi connectivity index (χ2n) is 5.53. The first-order valence-electron chi connectivity index (χ1n) is 7.29. The summed E-state index contributed by atoms with van der Waals surface area (Å²) in [6, 6.07) is 2.37. The third kappa shape index (κ3) is 2.93. The van der Waals surface area contributed by atoms with E-state index in [4.69, 9.17) is 11.5 Å². The number of carbonyl (C=O) groups excluding carboxylic acids is 1. The van der Waals surface area contributed by atoms with Gasteiger partial charge in [-0.1, -0.05) is 0 Å². The summed E-state index contributed by atoms with van der Waals surface area (Å²) >= 11 is 0. The van der Waals surface area contributed by atoms with Crippen LogP contribution < -0.4 is 16.4 Å². The molecule has 1 amide bonds. The molecule has 110 valence electrons. The number of nitrogens with zero attached hydrogens (tertiary/aromatic N) is 2. The molecule has 0 aliphatic carbocycles. The number of carbonyl (C=O) groups is 1. The predicted molar refractivity (Wildman–Crippen MR) is 80.9 cm³/mol. The molecular weight excluding hydrogens is 252 g/mol. The highest BCUT2D eigenvalue weighted by atomic mass is 16.1. The Morgan fingerprint density at radius 2 is 2.20 bits per heavy atom. The molecule has 0 spiro atoms. The van der Waals surface area contributed by atoms with Crippen molar-refractivity contribution in [2.75, 3.05) is 18.0 Å². The quantitative estimate of drug-likeness (QED) is 0.872. The summed E-state index contributed by atoms with van der Waals surface area (Å²) in [6.45, 7) is 5.41. The largest absolute Gasteiger partial charge is 0.368 e. The first kappa shape index (κ1) is 14.8. The van der Waals surface area contributed by atoms with Crippen LogP contribution in [0.5, 0.6) is 0 Å². The minimum Gasteiger partial charge on any atom is -0.368 e. The first-order chi connectivity index (χ1) is 9.54. The maximum Gasteiger partial charge on any atom is 0.252 e. The smallest absolute Gasteiger partial charge is 0.252 e. The Kier molecular flexibility index (Phi) is 4.60. The molecule has 1 aromatic heterocycles. The zero-order valence-corrected chi connectivity index (χ0v) is 12.4. The van der Waals surface area contributed by atoms with Crippen LogP contribution in [0.4, 0.5) is 5.69 Å². The predicted octanol–water partition coefficient (Wildman–Crippen LogP) is 1.51. The monoisotopic (exact) mass is 276 g/mol. The van der Waals surface area contributed by atoms with Gasteiger partial charge in [0.15, 0.2) is 0 Å². The zero-order chi connectivity index (χ0) is 14.7. The Morgan fingerprint density at radius 1 is 1.45 bits per heavy atom. The van der Waals surface area contributed by atoms with Gasteiger partial charge in [-0.15, -0.1) is 0 Å². The molecule has 0 aromatic carbocycles. The molecule has 1 saturated heterocycles. The van der Waals surface area contributed by atoms with Crippen molar-refractivity contribution in [2.24, 2.45) is 11.5 Å². The van der Waals surface area contributed by atoms with E-state index in [-0.39, 0.29) is 0 Å². The van der Waals surface area contributed by atoms with Gasteiger partial charge in [-0.05, 0) is 52.1 Å².